The van der Waals surface area contributed by atoms with E-state index in [1.807, 2.05) is 41.5 Å². The van der Waals surface area contributed by atoms with E-state index in [-0.39, 0.29) is 56.3 Å². The maximum atomic E-state index is 14.0. The average Bonchev–Trinajstić information content (AvgIpc) is 3.61. The Morgan fingerprint density at radius 1 is 0.655 bits per heavy atom. The minimum absolute atomic E-state index is 0.0342. The van der Waals surface area contributed by atoms with Gasteiger partial charge in [0, 0.05) is 31.2 Å². The number of nitrogens with zero attached hydrogens (tertiary/aromatic N) is 1. The lowest BCUT2D eigenvalue weighted by atomic mass is 9.99. The van der Waals surface area contributed by atoms with Crippen molar-refractivity contribution in [2.45, 2.75) is 123 Å². The van der Waals surface area contributed by atoms with Crippen molar-refractivity contribution in [2.24, 2.45) is 29.2 Å². The van der Waals surface area contributed by atoms with Crippen molar-refractivity contribution in [3.05, 3.63) is 54.1 Å². The van der Waals surface area contributed by atoms with E-state index in [1.54, 1.807) is 30.3 Å². The highest BCUT2D eigenvalue weighted by atomic mass is 16.4. The first kappa shape index (κ1) is 45.8. The van der Waals surface area contributed by atoms with Gasteiger partial charge in [-0.15, -0.1) is 0 Å². The Labute approximate surface area is 322 Å². The van der Waals surface area contributed by atoms with Gasteiger partial charge in [0.25, 0.3) is 0 Å². The van der Waals surface area contributed by atoms with Gasteiger partial charge in [-0.25, -0.2) is 9.78 Å². The molecule has 17 heteroatoms. The van der Waals surface area contributed by atoms with Gasteiger partial charge in [0.2, 0.25) is 35.4 Å². The number of carbonyl (C=O) groups excluding carboxylic acids is 6. The van der Waals surface area contributed by atoms with Crippen LogP contribution in [-0.2, 0) is 46.4 Å². The topological polar surface area (TPSA) is 281 Å². The largest absolute Gasteiger partial charge is 0.480 e. The molecule has 0 saturated heterocycles. The summed E-state index contributed by atoms with van der Waals surface area (Å²) in [6.07, 6.45) is 3.02. The van der Waals surface area contributed by atoms with Gasteiger partial charge in [0.1, 0.15) is 30.2 Å². The molecule has 0 spiro atoms. The number of nitrogens with two attached hydrogens (primary N) is 2. The fraction of sp³-hybridized carbons (Fsp3) is 0.579. The Bertz CT molecular complexity index is 1570. The van der Waals surface area contributed by atoms with Crippen LogP contribution in [-0.4, -0.2) is 92.7 Å². The minimum Gasteiger partial charge on any atom is -0.480 e. The Hall–Kier alpha value is -5.32. The summed E-state index contributed by atoms with van der Waals surface area (Å²) in [4.78, 5) is 98.6. The molecule has 304 valence electrons. The standard InChI is InChI=1S/C38H59N9O8/c1-21(2)14-26(39)33(49)43-27(12-13-32(40)48)34(50)46-30(18-25-19-41-20-42-25)37(53)44-28(15-22(3)4)35(51)45-29(17-24-10-8-7-9-11-24)36(52)47-31(38(54)55)16-23(5)6/h7-11,19-23,26-31H,12-18,39H2,1-6H3,(H2,40,48)(H,41,42)(H,43,49)(H,44,53)(H,45,51)(H,46,50)(H,47,52)(H,54,55)/t26-,27-,28-,29-,30-,31-/m0/s1. The quantitative estimate of drug-likeness (QED) is 0.0710. The number of carbonyl (C=O) groups is 7. The molecule has 11 N–H and O–H groups in total. The molecule has 1 aromatic carbocycles. The van der Waals surface area contributed by atoms with Crippen molar-refractivity contribution in [3.63, 3.8) is 0 Å². The number of nitrogens with one attached hydrogen (secondary N) is 6. The summed E-state index contributed by atoms with van der Waals surface area (Å²) < 4.78 is 0. The fourth-order valence-electron chi connectivity index (χ4n) is 5.82. The second kappa shape index (κ2) is 22.8. The van der Waals surface area contributed by atoms with E-state index in [0.29, 0.717) is 17.7 Å². The van der Waals surface area contributed by atoms with Gasteiger partial charge in [-0.3, -0.25) is 28.8 Å². The van der Waals surface area contributed by atoms with Gasteiger partial charge >= 0.3 is 5.97 Å². The summed E-state index contributed by atoms with van der Waals surface area (Å²) in [7, 11) is 0. The third-order valence-electron chi connectivity index (χ3n) is 8.56. The zero-order valence-corrected chi connectivity index (χ0v) is 32.6. The van der Waals surface area contributed by atoms with E-state index >= 15 is 0 Å². The molecule has 0 fully saturated rings. The highest BCUT2D eigenvalue weighted by molar-refractivity contribution is 5.96. The lowest BCUT2D eigenvalue weighted by Crippen LogP contribution is -2.60. The number of hydrogen-bond acceptors (Lipinski definition) is 9. The van der Waals surface area contributed by atoms with Crippen molar-refractivity contribution in [1.29, 1.82) is 0 Å². The van der Waals surface area contributed by atoms with Crippen LogP contribution in [0.4, 0.5) is 0 Å². The highest BCUT2D eigenvalue weighted by Crippen LogP contribution is 2.12. The molecule has 1 heterocycles. The molecule has 2 aromatic rings. The average molecular weight is 770 g/mol. The van der Waals surface area contributed by atoms with Crippen LogP contribution in [0.3, 0.4) is 0 Å². The van der Waals surface area contributed by atoms with Gasteiger partial charge in [-0.2, -0.15) is 0 Å². The molecule has 55 heavy (non-hydrogen) atoms. The van der Waals surface area contributed by atoms with Gasteiger partial charge in [-0.05, 0) is 49.0 Å². The molecule has 0 radical (unpaired) electrons. The van der Waals surface area contributed by atoms with Crippen LogP contribution >= 0.6 is 0 Å². The molecular formula is C38H59N9O8. The maximum Gasteiger partial charge on any atom is 0.326 e. The second-order valence-corrected chi connectivity index (χ2v) is 15.1. The summed E-state index contributed by atoms with van der Waals surface area (Å²) in [6.45, 7) is 11.1. The van der Waals surface area contributed by atoms with E-state index < -0.39 is 77.7 Å². The van der Waals surface area contributed by atoms with Crippen molar-refractivity contribution >= 4 is 41.4 Å². The lowest BCUT2D eigenvalue weighted by molar-refractivity contribution is -0.142. The number of H-pyrrole nitrogens is 1. The molecule has 0 aliphatic heterocycles. The number of carboxylic acid groups (broad SMARTS) is 1. The molecule has 1 aromatic heterocycles. The van der Waals surface area contributed by atoms with Crippen LogP contribution < -0.4 is 38.1 Å². The van der Waals surface area contributed by atoms with E-state index in [4.69, 9.17) is 11.5 Å². The Balaban J connectivity index is 2.39. The maximum absolute atomic E-state index is 14.0. The van der Waals surface area contributed by atoms with Crippen LogP contribution in [0.5, 0.6) is 0 Å². The van der Waals surface area contributed by atoms with Crippen molar-refractivity contribution < 1.29 is 38.7 Å². The number of hydrogen-bond donors (Lipinski definition) is 9. The predicted molar refractivity (Wildman–Crippen MR) is 204 cm³/mol. The number of carboxylic acids is 1. The van der Waals surface area contributed by atoms with Crippen molar-refractivity contribution in [1.82, 2.24) is 36.6 Å². The van der Waals surface area contributed by atoms with Gasteiger partial charge in [0.05, 0.1) is 12.4 Å². The van der Waals surface area contributed by atoms with Gasteiger partial charge in [-0.1, -0.05) is 71.9 Å². The first-order valence-corrected chi connectivity index (χ1v) is 18.7. The van der Waals surface area contributed by atoms with E-state index in [1.165, 1.54) is 12.5 Å². The number of amides is 6. The number of aliphatic carboxylic acids is 1. The predicted octanol–water partition coefficient (Wildman–Crippen LogP) is 0.435. The van der Waals surface area contributed by atoms with Gasteiger partial charge in [0.15, 0.2) is 0 Å². The number of aromatic nitrogens is 2. The molecule has 0 aliphatic carbocycles. The normalized spacial score (nSPS) is 14.6. The smallest absolute Gasteiger partial charge is 0.326 e. The molecule has 0 aliphatic rings. The van der Waals surface area contributed by atoms with Crippen LogP contribution in [0.1, 0.15) is 84.9 Å². The third kappa shape index (κ3) is 17.1. The summed E-state index contributed by atoms with van der Waals surface area (Å²) in [5.74, 6) is -5.56. The minimum atomic E-state index is -1.30. The van der Waals surface area contributed by atoms with Crippen LogP contribution in [0.2, 0.25) is 0 Å². The molecule has 0 saturated carbocycles. The zero-order valence-electron chi connectivity index (χ0n) is 32.6. The van der Waals surface area contributed by atoms with Crippen molar-refractivity contribution in [3.8, 4) is 0 Å². The van der Waals surface area contributed by atoms with E-state index in [0.717, 1.165) is 0 Å². The number of aromatic amines is 1. The Morgan fingerprint density at radius 2 is 1.13 bits per heavy atom. The monoisotopic (exact) mass is 769 g/mol. The summed E-state index contributed by atoms with van der Waals surface area (Å²) in [5.41, 5.74) is 12.5. The Morgan fingerprint density at radius 3 is 1.64 bits per heavy atom. The Kier molecular flexibility index (Phi) is 19.0. The molecule has 17 nitrogen and oxygen atoms in total. The SMILES string of the molecule is CC(C)C[C@H](NC(=O)[C@H](Cc1ccccc1)NC(=O)[C@H](CC(C)C)NC(=O)[C@H](Cc1cnc[nH]1)NC(=O)[C@H](CCC(N)=O)NC(=O)[C@@H](N)CC(C)C)C(=O)O. The molecular weight excluding hydrogens is 710 g/mol. The molecule has 6 atom stereocenters. The lowest BCUT2D eigenvalue weighted by Gasteiger charge is -2.28. The summed E-state index contributed by atoms with van der Waals surface area (Å²) in [5, 5.41) is 23.0. The van der Waals surface area contributed by atoms with E-state index in [2.05, 4.69) is 36.6 Å². The number of imidazole rings is 1. The van der Waals surface area contributed by atoms with E-state index in [9.17, 15) is 38.7 Å². The molecule has 0 unspecified atom stereocenters. The van der Waals surface area contributed by atoms with Crippen LogP contribution in [0, 0.1) is 17.8 Å². The summed E-state index contributed by atoms with van der Waals surface area (Å²) >= 11 is 0. The summed E-state index contributed by atoms with van der Waals surface area (Å²) in [6, 6.07) is 1.78. The zero-order chi connectivity index (χ0) is 41.2. The fourth-order valence-corrected chi connectivity index (χ4v) is 5.82. The molecule has 2 rings (SSSR count). The second-order valence-electron chi connectivity index (χ2n) is 15.1. The highest BCUT2D eigenvalue weighted by Gasteiger charge is 2.34. The van der Waals surface area contributed by atoms with Crippen LogP contribution in [0.25, 0.3) is 0 Å². The third-order valence-corrected chi connectivity index (χ3v) is 8.56. The molecule has 0 bridgehead atoms. The van der Waals surface area contributed by atoms with Crippen molar-refractivity contribution in [2.75, 3.05) is 0 Å². The first-order valence-electron chi connectivity index (χ1n) is 18.7. The first-order chi connectivity index (χ1) is 25.9. The number of benzene rings is 1. The molecule has 6 amide bonds. The van der Waals surface area contributed by atoms with Crippen LogP contribution in [0.15, 0.2) is 42.9 Å². The number of primary amides is 1. The van der Waals surface area contributed by atoms with Gasteiger partial charge < -0.3 is 48.1 Å². The number of rotatable bonds is 24.